The van der Waals surface area contributed by atoms with Crippen LogP contribution in [0.3, 0.4) is 0 Å². The van der Waals surface area contributed by atoms with E-state index in [1.807, 2.05) is 25.1 Å². The highest BCUT2D eigenvalue weighted by molar-refractivity contribution is 5.90. The molecule has 1 heterocycles. The van der Waals surface area contributed by atoms with E-state index in [9.17, 15) is 4.79 Å². The zero-order chi connectivity index (χ0) is 18.0. The van der Waals surface area contributed by atoms with Crippen LogP contribution in [0.25, 0.3) is 5.69 Å². The van der Waals surface area contributed by atoms with E-state index in [0.29, 0.717) is 11.7 Å². The summed E-state index contributed by atoms with van der Waals surface area (Å²) in [7, 11) is 0. The summed E-state index contributed by atoms with van der Waals surface area (Å²) in [6, 6.07) is 8.54. The third-order valence-corrected chi connectivity index (χ3v) is 4.87. The summed E-state index contributed by atoms with van der Waals surface area (Å²) in [6.45, 7) is 6.17. The molecule has 1 aromatic heterocycles. The Bertz CT molecular complexity index is 744. The summed E-state index contributed by atoms with van der Waals surface area (Å²) in [5.41, 5.74) is 8.09. The maximum atomic E-state index is 12.5. The average Bonchev–Trinajstić information content (AvgIpc) is 2.98. The molecule has 0 aliphatic heterocycles. The molecule has 25 heavy (non-hydrogen) atoms. The van der Waals surface area contributed by atoms with Gasteiger partial charge in [0.25, 0.3) is 5.91 Å². The number of nitrogens with zero attached hydrogens (tertiary/aromatic N) is 3. The molecular formula is C19H27N5O. The molecule has 1 fully saturated rings. The Labute approximate surface area is 148 Å². The predicted octanol–water partition coefficient (Wildman–Crippen LogP) is 2.70. The quantitative estimate of drug-likeness (QED) is 0.895. The molecule has 6 heteroatoms. The molecule has 134 valence electrons. The third-order valence-electron chi connectivity index (χ3n) is 4.87. The van der Waals surface area contributed by atoms with Crippen molar-refractivity contribution in [3.05, 3.63) is 41.5 Å². The van der Waals surface area contributed by atoms with Gasteiger partial charge in [0, 0.05) is 12.1 Å². The van der Waals surface area contributed by atoms with Crippen LogP contribution < -0.4 is 11.1 Å². The number of benzene rings is 1. The highest BCUT2D eigenvalue weighted by atomic mass is 16.2. The Kier molecular flexibility index (Phi) is 5.18. The van der Waals surface area contributed by atoms with Crippen molar-refractivity contribution in [2.45, 2.75) is 64.5 Å². The van der Waals surface area contributed by atoms with Crippen LogP contribution in [0.5, 0.6) is 0 Å². The van der Waals surface area contributed by atoms with Gasteiger partial charge in [-0.05, 0) is 50.2 Å². The van der Waals surface area contributed by atoms with Gasteiger partial charge in [-0.2, -0.15) is 0 Å². The number of hydrogen-bond acceptors (Lipinski definition) is 4. The number of carbonyl (C=O) groups is 1. The molecule has 3 N–H and O–H groups in total. The van der Waals surface area contributed by atoms with Crippen molar-refractivity contribution in [2.24, 2.45) is 5.73 Å². The Morgan fingerprint density at radius 2 is 1.92 bits per heavy atom. The molecule has 1 amide bonds. The van der Waals surface area contributed by atoms with E-state index in [4.69, 9.17) is 5.73 Å². The first kappa shape index (κ1) is 17.6. The van der Waals surface area contributed by atoms with Crippen LogP contribution in [0.15, 0.2) is 24.3 Å². The highest BCUT2D eigenvalue weighted by Crippen LogP contribution is 2.23. The van der Waals surface area contributed by atoms with Crippen molar-refractivity contribution >= 4 is 5.91 Å². The Morgan fingerprint density at radius 1 is 1.24 bits per heavy atom. The molecule has 6 nitrogen and oxygen atoms in total. The van der Waals surface area contributed by atoms with Gasteiger partial charge in [0.15, 0.2) is 0 Å². The molecule has 2 aromatic rings. The SMILES string of the molecule is Cc1nc(C(=O)NC2CCC(N)CC2)nn1-c1ccccc1C(C)C. The first-order valence-corrected chi connectivity index (χ1v) is 9.05. The van der Waals surface area contributed by atoms with Gasteiger partial charge >= 0.3 is 0 Å². The topological polar surface area (TPSA) is 85.8 Å². The van der Waals surface area contributed by atoms with Crippen LogP contribution in [0.2, 0.25) is 0 Å². The second kappa shape index (κ2) is 7.35. The fourth-order valence-electron chi connectivity index (χ4n) is 3.40. The van der Waals surface area contributed by atoms with E-state index < -0.39 is 0 Å². The van der Waals surface area contributed by atoms with Gasteiger partial charge in [0.1, 0.15) is 5.82 Å². The van der Waals surface area contributed by atoms with Crippen LogP contribution in [-0.4, -0.2) is 32.8 Å². The summed E-state index contributed by atoms with van der Waals surface area (Å²) < 4.78 is 1.76. The van der Waals surface area contributed by atoms with E-state index >= 15 is 0 Å². The number of amides is 1. The van der Waals surface area contributed by atoms with Crippen molar-refractivity contribution < 1.29 is 4.79 Å². The van der Waals surface area contributed by atoms with Gasteiger partial charge in [-0.1, -0.05) is 32.0 Å². The zero-order valence-electron chi connectivity index (χ0n) is 15.2. The standard InChI is InChI=1S/C19H27N5O/c1-12(2)16-6-4-5-7-17(16)24-13(3)21-18(23-24)19(25)22-15-10-8-14(20)9-11-15/h4-7,12,14-15H,8-11,20H2,1-3H3,(H,22,25). The lowest BCUT2D eigenvalue weighted by Crippen LogP contribution is -2.40. The molecule has 0 bridgehead atoms. The van der Waals surface area contributed by atoms with Crippen LogP contribution >= 0.6 is 0 Å². The molecule has 1 saturated carbocycles. The van der Waals surface area contributed by atoms with Crippen LogP contribution in [-0.2, 0) is 0 Å². The number of nitrogens with one attached hydrogen (secondary N) is 1. The smallest absolute Gasteiger partial charge is 0.291 e. The van der Waals surface area contributed by atoms with E-state index in [1.54, 1.807) is 4.68 Å². The zero-order valence-corrected chi connectivity index (χ0v) is 15.2. The summed E-state index contributed by atoms with van der Waals surface area (Å²) in [5, 5.41) is 7.52. The maximum Gasteiger partial charge on any atom is 0.291 e. The predicted molar refractivity (Wildman–Crippen MR) is 97.9 cm³/mol. The molecule has 0 saturated heterocycles. The van der Waals surface area contributed by atoms with E-state index in [-0.39, 0.29) is 23.8 Å². The second-order valence-electron chi connectivity index (χ2n) is 7.19. The Morgan fingerprint density at radius 3 is 2.60 bits per heavy atom. The number of carbonyl (C=O) groups excluding carboxylic acids is 1. The monoisotopic (exact) mass is 341 g/mol. The van der Waals surface area contributed by atoms with E-state index in [2.05, 4.69) is 35.3 Å². The number of hydrogen-bond donors (Lipinski definition) is 2. The third kappa shape index (κ3) is 3.90. The van der Waals surface area contributed by atoms with Crippen molar-refractivity contribution in [1.82, 2.24) is 20.1 Å². The summed E-state index contributed by atoms with van der Waals surface area (Å²) in [4.78, 5) is 16.9. The number of rotatable bonds is 4. The van der Waals surface area contributed by atoms with Gasteiger partial charge in [-0.15, -0.1) is 5.10 Å². The molecular weight excluding hydrogens is 314 g/mol. The van der Waals surface area contributed by atoms with Gasteiger partial charge in [0.2, 0.25) is 5.82 Å². The minimum Gasteiger partial charge on any atom is -0.347 e. The molecule has 0 atom stereocenters. The minimum absolute atomic E-state index is 0.169. The van der Waals surface area contributed by atoms with Crippen molar-refractivity contribution in [3.63, 3.8) is 0 Å². The first-order valence-electron chi connectivity index (χ1n) is 9.05. The van der Waals surface area contributed by atoms with Gasteiger partial charge in [-0.25, -0.2) is 9.67 Å². The molecule has 0 unspecified atom stereocenters. The lowest BCUT2D eigenvalue weighted by Gasteiger charge is -2.26. The van der Waals surface area contributed by atoms with Crippen molar-refractivity contribution in [2.75, 3.05) is 0 Å². The molecule has 1 aliphatic carbocycles. The Hall–Kier alpha value is -2.21. The number of nitrogens with two attached hydrogens (primary N) is 1. The highest BCUT2D eigenvalue weighted by Gasteiger charge is 2.23. The van der Waals surface area contributed by atoms with Crippen molar-refractivity contribution in [3.8, 4) is 5.69 Å². The van der Waals surface area contributed by atoms with E-state index in [0.717, 1.165) is 31.4 Å². The Balaban J connectivity index is 1.80. The normalized spacial score (nSPS) is 20.7. The van der Waals surface area contributed by atoms with Crippen LogP contribution in [0.4, 0.5) is 0 Å². The fourth-order valence-corrected chi connectivity index (χ4v) is 3.40. The molecule has 1 aliphatic rings. The molecule has 0 spiro atoms. The molecule has 0 radical (unpaired) electrons. The van der Waals surface area contributed by atoms with Crippen LogP contribution in [0, 0.1) is 6.92 Å². The summed E-state index contributed by atoms with van der Waals surface area (Å²) >= 11 is 0. The van der Waals surface area contributed by atoms with Gasteiger partial charge < -0.3 is 11.1 Å². The first-order chi connectivity index (χ1) is 12.0. The number of aromatic nitrogens is 3. The summed E-state index contributed by atoms with van der Waals surface area (Å²) in [6.07, 6.45) is 3.74. The van der Waals surface area contributed by atoms with Crippen LogP contribution in [0.1, 0.15) is 67.5 Å². The molecule has 3 rings (SSSR count). The minimum atomic E-state index is -0.204. The van der Waals surface area contributed by atoms with Crippen molar-refractivity contribution in [1.29, 1.82) is 0 Å². The second-order valence-corrected chi connectivity index (χ2v) is 7.19. The van der Waals surface area contributed by atoms with E-state index in [1.165, 1.54) is 5.56 Å². The lowest BCUT2D eigenvalue weighted by molar-refractivity contribution is 0.0915. The number of para-hydroxylation sites is 1. The number of aryl methyl sites for hydroxylation is 1. The fraction of sp³-hybridized carbons (Fsp3) is 0.526. The van der Waals surface area contributed by atoms with Gasteiger partial charge in [-0.3, -0.25) is 4.79 Å². The molecule has 1 aromatic carbocycles. The lowest BCUT2D eigenvalue weighted by atomic mass is 9.92. The maximum absolute atomic E-state index is 12.5. The average molecular weight is 341 g/mol. The van der Waals surface area contributed by atoms with Gasteiger partial charge in [0.05, 0.1) is 5.69 Å². The largest absolute Gasteiger partial charge is 0.347 e. The summed E-state index contributed by atoms with van der Waals surface area (Å²) in [5.74, 6) is 1.10.